The molecule has 1 fully saturated rings. The molecule has 2 rings (SSSR count). The van der Waals surface area contributed by atoms with Crippen molar-refractivity contribution in [1.82, 2.24) is 9.21 Å². The van der Waals surface area contributed by atoms with E-state index in [-0.39, 0.29) is 28.9 Å². The van der Waals surface area contributed by atoms with Crippen molar-refractivity contribution in [1.29, 1.82) is 0 Å². The van der Waals surface area contributed by atoms with Crippen LogP contribution in [0.1, 0.15) is 0 Å². The monoisotopic (exact) mass is 303 g/mol. The number of likely N-dealkylation sites (N-methyl/N-ethyl adjacent to an activating group) is 1. The van der Waals surface area contributed by atoms with Gasteiger partial charge in [0, 0.05) is 25.8 Å². The highest BCUT2D eigenvalue weighted by atomic mass is 35.5. The molecular weight excluding hydrogens is 290 g/mol. The lowest BCUT2D eigenvalue weighted by molar-refractivity contribution is -0.132. The number of amides is 1. The number of halogens is 1. The van der Waals surface area contributed by atoms with Crippen molar-refractivity contribution in [2.45, 2.75) is 4.90 Å². The summed E-state index contributed by atoms with van der Waals surface area (Å²) in [6, 6.07) is 4.21. The van der Waals surface area contributed by atoms with Gasteiger partial charge < -0.3 is 10.6 Å². The number of carbonyl (C=O) groups is 1. The Morgan fingerprint density at radius 1 is 1.32 bits per heavy atom. The van der Waals surface area contributed by atoms with Gasteiger partial charge in [0.05, 0.1) is 11.6 Å². The van der Waals surface area contributed by atoms with Crippen LogP contribution in [0.2, 0.25) is 5.02 Å². The lowest BCUT2D eigenvalue weighted by Crippen LogP contribution is -2.50. The topological polar surface area (TPSA) is 83.7 Å². The van der Waals surface area contributed by atoms with Crippen LogP contribution in [0.15, 0.2) is 23.1 Å². The Hall–Kier alpha value is -1.31. The molecule has 8 heteroatoms. The van der Waals surface area contributed by atoms with Gasteiger partial charge >= 0.3 is 0 Å². The van der Waals surface area contributed by atoms with E-state index in [0.717, 1.165) is 4.31 Å². The average molecular weight is 304 g/mol. The van der Waals surface area contributed by atoms with Gasteiger partial charge in [-0.05, 0) is 18.2 Å². The van der Waals surface area contributed by atoms with Crippen molar-refractivity contribution in [3.63, 3.8) is 0 Å². The highest BCUT2D eigenvalue weighted by molar-refractivity contribution is 7.89. The van der Waals surface area contributed by atoms with E-state index in [9.17, 15) is 13.2 Å². The van der Waals surface area contributed by atoms with E-state index in [2.05, 4.69) is 0 Å². The fourth-order valence-electron chi connectivity index (χ4n) is 1.81. The molecule has 1 aliphatic heterocycles. The third-order valence-electron chi connectivity index (χ3n) is 3.00. The Morgan fingerprint density at radius 2 is 2.00 bits per heavy atom. The molecule has 19 heavy (non-hydrogen) atoms. The highest BCUT2D eigenvalue weighted by Crippen LogP contribution is 2.27. The van der Waals surface area contributed by atoms with E-state index in [1.807, 2.05) is 0 Å². The molecule has 0 aliphatic carbocycles. The van der Waals surface area contributed by atoms with Crippen molar-refractivity contribution < 1.29 is 13.2 Å². The molecule has 6 nitrogen and oxygen atoms in total. The quantitative estimate of drug-likeness (QED) is 0.801. The molecule has 0 spiro atoms. The summed E-state index contributed by atoms with van der Waals surface area (Å²) in [5, 5.41) is 0.0615. The Balaban J connectivity index is 2.35. The number of nitrogens with zero attached hydrogens (tertiary/aromatic N) is 2. The van der Waals surface area contributed by atoms with Crippen molar-refractivity contribution in [2.75, 3.05) is 32.4 Å². The summed E-state index contributed by atoms with van der Waals surface area (Å²) in [6.07, 6.45) is 0. The van der Waals surface area contributed by atoms with Gasteiger partial charge in [0.15, 0.2) is 0 Å². The van der Waals surface area contributed by atoms with E-state index in [4.69, 9.17) is 17.3 Å². The molecule has 1 aliphatic rings. The number of hydrogen-bond donors (Lipinski definition) is 1. The number of carbonyl (C=O) groups excluding carboxylic acids is 1. The Morgan fingerprint density at radius 3 is 2.58 bits per heavy atom. The largest absolute Gasteiger partial charge is 0.399 e. The summed E-state index contributed by atoms with van der Waals surface area (Å²) in [7, 11) is -2.13. The Bertz CT molecular complexity index is 618. The van der Waals surface area contributed by atoms with Gasteiger partial charge in [0.2, 0.25) is 15.9 Å². The first-order chi connectivity index (χ1) is 8.82. The van der Waals surface area contributed by atoms with E-state index < -0.39 is 10.0 Å². The minimum Gasteiger partial charge on any atom is -0.399 e. The van der Waals surface area contributed by atoms with Crippen molar-refractivity contribution in [3.8, 4) is 0 Å². The molecule has 0 atom stereocenters. The molecule has 1 aromatic rings. The molecule has 2 N–H and O–H groups in total. The molecule has 1 aromatic carbocycles. The highest BCUT2D eigenvalue weighted by Gasteiger charge is 2.32. The van der Waals surface area contributed by atoms with Crippen LogP contribution in [-0.4, -0.2) is 50.2 Å². The van der Waals surface area contributed by atoms with E-state index in [1.165, 1.54) is 23.1 Å². The van der Waals surface area contributed by atoms with Crippen LogP contribution in [0.25, 0.3) is 0 Å². The smallest absolute Gasteiger partial charge is 0.245 e. The number of piperazine rings is 1. The zero-order valence-electron chi connectivity index (χ0n) is 10.3. The standard InChI is InChI=1S/C11H14ClN3O3S/c1-14-4-5-15(7-11(14)16)19(17,18)10-3-2-8(13)6-9(10)12/h2-3,6H,4-5,7,13H2,1H3. The van der Waals surface area contributed by atoms with Crippen LogP contribution in [0, 0.1) is 0 Å². The van der Waals surface area contributed by atoms with Gasteiger partial charge in [-0.25, -0.2) is 8.42 Å². The van der Waals surface area contributed by atoms with Gasteiger partial charge in [-0.3, -0.25) is 4.79 Å². The molecule has 0 aromatic heterocycles. The van der Waals surface area contributed by atoms with Gasteiger partial charge in [0.25, 0.3) is 0 Å². The Kier molecular flexibility index (Phi) is 3.71. The maximum atomic E-state index is 12.4. The molecule has 104 valence electrons. The van der Waals surface area contributed by atoms with Crippen LogP contribution in [0.5, 0.6) is 0 Å². The normalized spacial score (nSPS) is 17.8. The van der Waals surface area contributed by atoms with E-state index in [1.54, 1.807) is 7.05 Å². The predicted molar refractivity (Wildman–Crippen MR) is 72.3 cm³/mol. The summed E-state index contributed by atoms with van der Waals surface area (Å²) < 4.78 is 25.9. The minimum atomic E-state index is -3.77. The average Bonchev–Trinajstić information content (AvgIpc) is 2.32. The first-order valence-electron chi connectivity index (χ1n) is 5.61. The van der Waals surface area contributed by atoms with Crippen LogP contribution in [0.3, 0.4) is 0 Å². The maximum Gasteiger partial charge on any atom is 0.245 e. The number of hydrogen-bond acceptors (Lipinski definition) is 4. The molecule has 0 radical (unpaired) electrons. The van der Waals surface area contributed by atoms with Crippen molar-refractivity contribution in [2.24, 2.45) is 0 Å². The van der Waals surface area contributed by atoms with Gasteiger partial charge in [-0.2, -0.15) is 4.31 Å². The molecular formula is C11H14ClN3O3S. The van der Waals surface area contributed by atoms with Crippen molar-refractivity contribution >= 4 is 33.2 Å². The van der Waals surface area contributed by atoms with Crippen LogP contribution < -0.4 is 5.73 Å². The van der Waals surface area contributed by atoms with Crippen molar-refractivity contribution in [3.05, 3.63) is 23.2 Å². The minimum absolute atomic E-state index is 0.0271. The summed E-state index contributed by atoms with van der Waals surface area (Å²) >= 11 is 5.92. The fourth-order valence-corrected chi connectivity index (χ4v) is 3.71. The van der Waals surface area contributed by atoms with Gasteiger partial charge in [0.1, 0.15) is 4.90 Å². The summed E-state index contributed by atoms with van der Waals surface area (Å²) in [6.45, 7) is 0.454. The van der Waals surface area contributed by atoms with Crippen LogP contribution in [0.4, 0.5) is 5.69 Å². The van der Waals surface area contributed by atoms with E-state index >= 15 is 0 Å². The summed E-state index contributed by atoms with van der Waals surface area (Å²) in [5.74, 6) is -0.235. The summed E-state index contributed by atoms with van der Waals surface area (Å²) in [5.41, 5.74) is 5.92. The lowest BCUT2D eigenvalue weighted by atomic mass is 10.3. The van der Waals surface area contributed by atoms with Gasteiger partial charge in [-0.15, -0.1) is 0 Å². The molecule has 1 saturated heterocycles. The predicted octanol–water partition coefficient (Wildman–Crippen LogP) is 0.385. The third-order valence-corrected chi connectivity index (χ3v) is 5.32. The second kappa shape index (κ2) is 4.99. The van der Waals surface area contributed by atoms with Gasteiger partial charge in [-0.1, -0.05) is 11.6 Å². The molecule has 0 bridgehead atoms. The first-order valence-corrected chi connectivity index (χ1v) is 7.43. The number of benzene rings is 1. The number of nitrogens with two attached hydrogens (primary N) is 1. The molecule has 1 heterocycles. The maximum absolute atomic E-state index is 12.4. The van der Waals surface area contributed by atoms with Crippen LogP contribution >= 0.6 is 11.6 Å². The number of anilines is 1. The third kappa shape index (κ3) is 2.68. The first kappa shape index (κ1) is 14.1. The zero-order valence-corrected chi connectivity index (χ0v) is 11.9. The molecule has 0 unspecified atom stereocenters. The van der Waals surface area contributed by atoms with E-state index in [0.29, 0.717) is 12.2 Å². The Labute approximate surface area is 116 Å². The lowest BCUT2D eigenvalue weighted by Gasteiger charge is -2.31. The number of nitrogen functional groups attached to an aromatic ring is 1. The number of sulfonamides is 1. The molecule has 0 saturated carbocycles. The molecule has 1 amide bonds. The summed E-state index contributed by atoms with van der Waals surface area (Å²) in [4.78, 5) is 13.1. The second-order valence-electron chi connectivity index (χ2n) is 4.34. The SMILES string of the molecule is CN1CCN(S(=O)(=O)c2ccc(N)cc2Cl)CC1=O. The second-order valence-corrected chi connectivity index (χ2v) is 6.66. The fraction of sp³-hybridized carbons (Fsp3) is 0.364. The number of rotatable bonds is 2. The van der Waals surface area contributed by atoms with Crippen LogP contribution in [-0.2, 0) is 14.8 Å². The zero-order chi connectivity index (χ0) is 14.2.